The van der Waals surface area contributed by atoms with Gasteiger partial charge in [-0.05, 0) is 41.5 Å². The number of thioether (sulfide) groups is 1. The van der Waals surface area contributed by atoms with E-state index in [4.69, 9.17) is 31.2 Å². The van der Waals surface area contributed by atoms with E-state index in [2.05, 4.69) is 0 Å². The van der Waals surface area contributed by atoms with Crippen molar-refractivity contribution < 1.29 is 23.7 Å². The minimum Gasteiger partial charge on any atom is -0.493 e. The summed E-state index contributed by atoms with van der Waals surface area (Å²) < 4.78 is 21.8. The molecule has 6 nitrogen and oxygen atoms in total. The lowest BCUT2D eigenvalue weighted by molar-refractivity contribution is -0.122. The van der Waals surface area contributed by atoms with Crippen LogP contribution in [0, 0.1) is 0 Å². The Hall–Kier alpha value is -2.71. The highest BCUT2D eigenvalue weighted by atomic mass is 32.2. The lowest BCUT2D eigenvalue weighted by Gasteiger charge is -2.14. The first-order valence-electron chi connectivity index (χ1n) is 8.45. The SMILES string of the molecule is COc1ccc(/C=C2\SC(=S)N(Cc3ccc4c(c3)OCO4)C2=O)cc1OC. The summed E-state index contributed by atoms with van der Waals surface area (Å²) in [5.74, 6) is 2.51. The Morgan fingerprint density at radius 2 is 1.89 bits per heavy atom. The summed E-state index contributed by atoms with van der Waals surface area (Å²) in [6.45, 7) is 0.596. The van der Waals surface area contributed by atoms with Crippen molar-refractivity contribution in [3.05, 3.63) is 52.4 Å². The van der Waals surface area contributed by atoms with E-state index in [9.17, 15) is 4.79 Å². The standard InChI is InChI=1S/C20H17NO5S2/c1-23-14-5-3-12(7-16(14)24-2)9-18-19(22)21(20(27)28-18)10-13-4-6-15-17(8-13)26-11-25-15/h3-9H,10-11H2,1-2H3/b18-9-. The average molecular weight is 415 g/mol. The topological polar surface area (TPSA) is 57.2 Å². The van der Waals surface area contributed by atoms with Crippen LogP contribution in [0.1, 0.15) is 11.1 Å². The number of benzene rings is 2. The van der Waals surface area contributed by atoms with E-state index >= 15 is 0 Å². The van der Waals surface area contributed by atoms with Crippen molar-refractivity contribution in [2.45, 2.75) is 6.54 Å². The molecule has 144 valence electrons. The first-order chi connectivity index (χ1) is 13.6. The van der Waals surface area contributed by atoms with Gasteiger partial charge in [-0.3, -0.25) is 9.69 Å². The molecule has 1 saturated heterocycles. The van der Waals surface area contributed by atoms with Crippen molar-refractivity contribution in [1.29, 1.82) is 0 Å². The molecule has 0 unspecified atom stereocenters. The Morgan fingerprint density at radius 3 is 2.68 bits per heavy atom. The predicted molar refractivity (Wildman–Crippen MR) is 111 cm³/mol. The zero-order valence-electron chi connectivity index (χ0n) is 15.3. The highest BCUT2D eigenvalue weighted by molar-refractivity contribution is 8.26. The zero-order chi connectivity index (χ0) is 19.7. The summed E-state index contributed by atoms with van der Waals surface area (Å²) in [5, 5.41) is 0. The van der Waals surface area contributed by atoms with Crippen LogP contribution in [0.25, 0.3) is 6.08 Å². The van der Waals surface area contributed by atoms with Crippen molar-refractivity contribution in [3.63, 3.8) is 0 Å². The van der Waals surface area contributed by atoms with Gasteiger partial charge in [-0.2, -0.15) is 0 Å². The number of methoxy groups -OCH3 is 2. The third-order valence-corrected chi connectivity index (χ3v) is 5.73. The number of hydrogen-bond donors (Lipinski definition) is 0. The number of thiocarbonyl (C=S) groups is 1. The molecule has 0 bridgehead atoms. The summed E-state index contributed by atoms with van der Waals surface area (Å²) >= 11 is 6.71. The number of fused-ring (bicyclic) bond motifs is 1. The molecular formula is C20H17NO5S2. The van der Waals surface area contributed by atoms with Gasteiger partial charge in [0.15, 0.2) is 23.0 Å². The predicted octanol–water partition coefficient (Wildman–Crippen LogP) is 3.83. The molecule has 8 heteroatoms. The van der Waals surface area contributed by atoms with E-state index in [0.717, 1.165) is 11.1 Å². The maximum absolute atomic E-state index is 12.9. The highest BCUT2D eigenvalue weighted by Gasteiger charge is 2.32. The Morgan fingerprint density at radius 1 is 1.11 bits per heavy atom. The van der Waals surface area contributed by atoms with Gasteiger partial charge in [-0.15, -0.1) is 0 Å². The second-order valence-corrected chi connectivity index (χ2v) is 7.75. The van der Waals surface area contributed by atoms with Gasteiger partial charge in [0.2, 0.25) is 6.79 Å². The third-order valence-electron chi connectivity index (χ3n) is 4.36. The van der Waals surface area contributed by atoms with E-state index in [1.165, 1.54) is 11.8 Å². The van der Waals surface area contributed by atoms with E-state index in [1.54, 1.807) is 31.3 Å². The number of hydrogen-bond acceptors (Lipinski definition) is 7. The van der Waals surface area contributed by atoms with Crippen molar-refractivity contribution in [2.75, 3.05) is 21.0 Å². The highest BCUT2D eigenvalue weighted by Crippen LogP contribution is 2.37. The molecule has 1 fully saturated rings. The van der Waals surface area contributed by atoms with Gasteiger partial charge in [0.05, 0.1) is 25.7 Å². The van der Waals surface area contributed by atoms with Crippen molar-refractivity contribution >= 4 is 40.3 Å². The third kappa shape index (κ3) is 3.53. The second-order valence-electron chi connectivity index (χ2n) is 6.07. The largest absolute Gasteiger partial charge is 0.493 e. The van der Waals surface area contributed by atoms with Gasteiger partial charge < -0.3 is 18.9 Å². The number of amides is 1. The quantitative estimate of drug-likeness (QED) is 0.543. The van der Waals surface area contributed by atoms with Gasteiger partial charge in [0.1, 0.15) is 4.32 Å². The summed E-state index contributed by atoms with van der Waals surface area (Å²) in [4.78, 5) is 15.0. The molecule has 0 spiro atoms. The van der Waals surface area contributed by atoms with Crippen LogP contribution in [-0.2, 0) is 11.3 Å². The van der Waals surface area contributed by atoms with Crippen LogP contribution < -0.4 is 18.9 Å². The molecule has 28 heavy (non-hydrogen) atoms. The Labute approximate surface area is 172 Å². The molecule has 2 heterocycles. The molecule has 0 radical (unpaired) electrons. The van der Waals surface area contributed by atoms with E-state index in [1.807, 2.05) is 30.3 Å². The van der Waals surface area contributed by atoms with Gasteiger partial charge in [-0.1, -0.05) is 36.1 Å². The van der Waals surface area contributed by atoms with E-state index in [0.29, 0.717) is 38.8 Å². The molecule has 2 aliphatic rings. The van der Waals surface area contributed by atoms with Crippen molar-refractivity contribution in [3.8, 4) is 23.0 Å². The summed E-state index contributed by atoms with van der Waals surface area (Å²) in [5.41, 5.74) is 1.76. The maximum atomic E-state index is 12.9. The fraction of sp³-hybridized carbons (Fsp3) is 0.200. The van der Waals surface area contributed by atoms with E-state index < -0.39 is 0 Å². The van der Waals surface area contributed by atoms with Crippen LogP contribution >= 0.6 is 24.0 Å². The Balaban J connectivity index is 1.54. The molecule has 2 aromatic rings. The first kappa shape index (κ1) is 18.6. The fourth-order valence-corrected chi connectivity index (χ4v) is 4.21. The smallest absolute Gasteiger partial charge is 0.266 e. The number of ether oxygens (including phenoxy) is 4. The zero-order valence-corrected chi connectivity index (χ0v) is 16.9. The maximum Gasteiger partial charge on any atom is 0.266 e. The van der Waals surface area contributed by atoms with Crippen LogP contribution in [0.5, 0.6) is 23.0 Å². The lowest BCUT2D eigenvalue weighted by atomic mass is 10.1. The average Bonchev–Trinajstić information content (AvgIpc) is 3.27. The van der Waals surface area contributed by atoms with Crippen molar-refractivity contribution in [2.24, 2.45) is 0 Å². The van der Waals surface area contributed by atoms with Crippen LogP contribution in [0.3, 0.4) is 0 Å². The number of nitrogens with zero attached hydrogens (tertiary/aromatic N) is 1. The first-order valence-corrected chi connectivity index (χ1v) is 9.67. The molecule has 1 amide bonds. The minimum atomic E-state index is -0.123. The molecule has 0 aliphatic carbocycles. The molecular weight excluding hydrogens is 398 g/mol. The fourth-order valence-electron chi connectivity index (χ4n) is 2.95. The number of carbonyl (C=O) groups is 1. The lowest BCUT2D eigenvalue weighted by Crippen LogP contribution is -2.27. The summed E-state index contributed by atoms with van der Waals surface area (Å²) in [6.07, 6.45) is 1.81. The molecule has 0 aromatic heterocycles. The normalized spacial score (nSPS) is 16.8. The molecule has 0 saturated carbocycles. The summed E-state index contributed by atoms with van der Waals surface area (Å²) in [6, 6.07) is 11.1. The number of rotatable bonds is 5. The van der Waals surface area contributed by atoms with Crippen LogP contribution in [0.2, 0.25) is 0 Å². The van der Waals surface area contributed by atoms with Gasteiger partial charge in [-0.25, -0.2) is 0 Å². The molecule has 2 aliphatic heterocycles. The van der Waals surface area contributed by atoms with Gasteiger partial charge in [0.25, 0.3) is 5.91 Å². The van der Waals surface area contributed by atoms with Crippen LogP contribution in [-0.4, -0.2) is 36.1 Å². The molecule has 4 rings (SSSR count). The van der Waals surface area contributed by atoms with Gasteiger partial charge >= 0.3 is 0 Å². The van der Waals surface area contributed by atoms with Crippen molar-refractivity contribution in [1.82, 2.24) is 4.90 Å². The monoisotopic (exact) mass is 415 g/mol. The molecule has 0 N–H and O–H groups in total. The second kappa shape index (κ2) is 7.73. The van der Waals surface area contributed by atoms with E-state index in [-0.39, 0.29) is 12.7 Å². The summed E-state index contributed by atoms with van der Waals surface area (Å²) in [7, 11) is 3.16. The van der Waals surface area contributed by atoms with Crippen LogP contribution in [0.4, 0.5) is 0 Å². The molecule has 2 aromatic carbocycles. The minimum absolute atomic E-state index is 0.123. The molecule has 0 atom stereocenters. The van der Waals surface area contributed by atoms with Crippen LogP contribution in [0.15, 0.2) is 41.3 Å². The Bertz CT molecular complexity index is 989. The van der Waals surface area contributed by atoms with Gasteiger partial charge in [0, 0.05) is 0 Å². The number of carbonyl (C=O) groups excluding carboxylic acids is 1. The Kier molecular flexibility index (Phi) is 5.15.